The fourth-order valence-corrected chi connectivity index (χ4v) is 3.26. The van der Waals surface area contributed by atoms with E-state index in [4.69, 9.17) is 0 Å². The molecule has 20 heavy (non-hydrogen) atoms. The van der Waals surface area contributed by atoms with Crippen LogP contribution in [0.3, 0.4) is 0 Å². The normalized spacial score (nSPS) is 11.7. The van der Waals surface area contributed by atoms with Crippen LogP contribution in [0, 0.1) is 5.82 Å². The zero-order chi connectivity index (χ0) is 14.6. The largest absolute Gasteiger partial charge is 0.316 e. The molecule has 0 aliphatic heterocycles. The summed E-state index contributed by atoms with van der Waals surface area (Å²) in [7, 11) is -2.15. The molecule has 0 aliphatic rings. The zero-order valence-corrected chi connectivity index (χ0v) is 12.4. The van der Waals surface area contributed by atoms with Crippen LogP contribution in [0.1, 0.15) is 11.3 Å². The van der Waals surface area contributed by atoms with Gasteiger partial charge in [-0.05, 0) is 24.7 Å². The zero-order valence-electron chi connectivity index (χ0n) is 10.8. The lowest BCUT2D eigenvalue weighted by molar-refractivity contribution is 0.555. The fraction of sp³-hybridized carbons (Fsp3) is 0.250. The predicted molar refractivity (Wildman–Crippen MR) is 75.3 cm³/mol. The number of nitrogens with one attached hydrogen (secondary N) is 2. The maximum atomic E-state index is 13.9. The van der Waals surface area contributed by atoms with Crippen LogP contribution in [0.4, 0.5) is 4.39 Å². The molecule has 2 N–H and O–H groups in total. The van der Waals surface area contributed by atoms with Crippen molar-refractivity contribution in [1.29, 1.82) is 0 Å². The molecule has 0 saturated carbocycles. The third-order valence-electron chi connectivity index (χ3n) is 2.59. The number of benzene rings is 1. The predicted octanol–water partition coefficient (Wildman–Crippen LogP) is 1.48. The SMILES string of the molecule is CNCc1ccc(S(=O)(=O)NCc2cscn2)c(F)c1. The van der Waals surface area contributed by atoms with Crippen LogP contribution >= 0.6 is 11.3 Å². The number of hydrogen-bond donors (Lipinski definition) is 2. The molecule has 2 rings (SSSR count). The first-order valence-corrected chi connectivity index (χ1v) is 8.25. The molecule has 0 bridgehead atoms. The topological polar surface area (TPSA) is 71.1 Å². The summed E-state index contributed by atoms with van der Waals surface area (Å²) in [5, 5.41) is 4.61. The molecule has 1 aromatic heterocycles. The van der Waals surface area contributed by atoms with Gasteiger partial charge in [0.25, 0.3) is 0 Å². The smallest absolute Gasteiger partial charge is 0.243 e. The Labute approximate surface area is 120 Å². The van der Waals surface area contributed by atoms with E-state index in [1.54, 1.807) is 24.0 Å². The van der Waals surface area contributed by atoms with Gasteiger partial charge in [0.15, 0.2) is 0 Å². The van der Waals surface area contributed by atoms with E-state index < -0.39 is 15.8 Å². The van der Waals surface area contributed by atoms with Crippen molar-refractivity contribution >= 4 is 21.4 Å². The summed E-state index contributed by atoms with van der Waals surface area (Å²) < 4.78 is 40.3. The second-order valence-electron chi connectivity index (χ2n) is 4.10. The van der Waals surface area contributed by atoms with E-state index in [0.29, 0.717) is 17.8 Å². The Kier molecular flexibility index (Phi) is 4.81. The molecule has 1 aromatic carbocycles. The van der Waals surface area contributed by atoms with E-state index in [0.717, 1.165) is 0 Å². The average molecular weight is 315 g/mol. The Hall–Kier alpha value is -1.35. The highest BCUT2D eigenvalue weighted by molar-refractivity contribution is 7.89. The molecule has 5 nitrogen and oxygen atoms in total. The molecule has 0 atom stereocenters. The lowest BCUT2D eigenvalue weighted by Crippen LogP contribution is -2.24. The van der Waals surface area contributed by atoms with Crippen LogP contribution < -0.4 is 10.0 Å². The summed E-state index contributed by atoms with van der Waals surface area (Å²) in [5.41, 5.74) is 2.89. The molecule has 108 valence electrons. The van der Waals surface area contributed by atoms with E-state index in [1.807, 2.05) is 0 Å². The van der Waals surface area contributed by atoms with Gasteiger partial charge in [0.05, 0.1) is 17.7 Å². The highest BCUT2D eigenvalue weighted by Crippen LogP contribution is 2.16. The molecule has 1 heterocycles. The Balaban J connectivity index is 2.16. The van der Waals surface area contributed by atoms with Crippen LogP contribution in [0.15, 0.2) is 34.0 Å². The minimum absolute atomic E-state index is 0.0452. The van der Waals surface area contributed by atoms with Crippen LogP contribution in [0.5, 0.6) is 0 Å². The second kappa shape index (κ2) is 6.40. The maximum Gasteiger partial charge on any atom is 0.243 e. The number of aromatic nitrogens is 1. The lowest BCUT2D eigenvalue weighted by Gasteiger charge is -2.08. The minimum atomic E-state index is -3.88. The van der Waals surface area contributed by atoms with Crippen molar-refractivity contribution in [3.05, 3.63) is 46.2 Å². The van der Waals surface area contributed by atoms with Gasteiger partial charge in [-0.1, -0.05) is 6.07 Å². The number of halogens is 1. The molecule has 0 unspecified atom stereocenters. The minimum Gasteiger partial charge on any atom is -0.316 e. The van der Waals surface area contributed by atoms with Gasteiger partial charge in [0.1, 0.15) is 10.7 Å². The maximum absolute atomic E-state index is 13.9. The Morgan fingerprint density at radius 2 is 2.15 bits per heavy atom. The highest BCUT2D eigenvalue weighted by Gasteiger charge is 2.19. The number of sulfonamides is 1. The summed E-state index contributed by atoms with van der Waals surface area (Å²) in [5.74, 6) is -0.761. The standard InChI is InChI=1S/C12H14FN3O2S2/c1-14-5-9-2-3-12(11(13)4-9)20(17,18)16-6-10-7-19-8-15-10/h2-4,7-8,14,16H,5-6H2,1H3. The number of rotatable bonds is 6. The molecule has 0 aliphatic carbocycles. The van der Waals surface area contributed by atoms with Crippen LogP contribution in [-0.2, 0) is 23.1 Å². The Bertz CT molecular complexity index is 672. The first kappa shape index (κ1) is 15.0. The van der Waals surface area contributed by atoms with Crippen molar-refractivity contribution in [2.24, 2.45) is 0 Å². The van der Waals surface area contributed by atoms with Gasteiger partial charge in [-0.2, -0.15) is 0 Å². The second-order valence-corrected chi connectivity index (χ2v) is 6.55. The van der Waals surface area contributed by atoms with Crippen molar-refractivity contribution in [3.63, 3.8) is 0 Å². The molecule has 0 spiro atoms. The van der Waals surface area contributed by atoms with Crippen LogP contribution in [-0.4, -0.2) is 20.4 Å². The third-order valence-corrected chi connectivity index (χ3v) is 4.66. The summed E-state index contributed by atoms with van der Waals surface area (Å²) >= 11 is 1.37. The third kappa shape index (κ3) is 3.60. The van der Waals surface area contributed by atoms with E-state index in [2.05, 4.69) is 15.0 Å². The molecule has 8 heteroatoms. The Morgan fingerprint density at radius 1 is 1.35 bits per heavy atom. The molecular weight excluding hydrogens is 301 g/mol. The van der Waals surface area contributed by atoms with Gasteiger partial charge in [0.2, 0.25) is 10.0 Å². The van der Waals surface area contributed by atoms with Crippen LogP contribution in [0.2, 0.25) is 0 Å². The van der Waals surface area contributed by atoms with Gasteiger partial charge < -0.3 is 5.32 Å². The molecule has 0 saturated heterocycles. The van der Waals surface area contributed by atoms with Gasteiger partial charge in [-0.15, -0.1) is 11.3 Å². The Morgan fingerprint density at radius 3 is 2.75 bits per heavy atom. The fourth-order valence-electron chi connectivity index (χ4n) is 1.65. The van der Waals surface area contributed by atoms with E-state index in [-0.39, 0.29) is 11.4 Å². The first-order valence-electron chi connectivity index (χ1n) is 5.82. The van der Waals surface area contributed by atoms with Crippen molar-refractivity contribution in [3.8, 4) is 0 Å². The number of nitrogens with zero attached hydrogens (tertiary/aromatic N) is 1. The lowest BCUT2D eigenvalue weighted by atomic mass is 10.2. The summed E-state index contributed by atoms with van der Waals surface area (Å²) in [6.45, 7) is 0.521. The first-order chi connectivity index (χ1) is 9.53. The molecular formula is C12H14FN3O2S2. The molecule has 0 fully saturated rings. The van der Waals surface area contributed by atoms with Crippen molar-refractivity contribution < 1.29 is 12.8 Å². The van der Waals surface area contributed by atoms with Gasteiger partial charge >= 0.3 is 0 Å². The van der Waals surface area contributed by atoms with E-state index in [1.165, 1.54) is 23.5 Å². The van der Waals surface area contributed by atoms with Gasteiger partial charge in [-0.25, -0.2) is 22.5 Å². The van der Waals surface area contributed by atoms with E-state index >= 15 is 0 Å². The van der Waals surface area contributed by atoms with Crippen LogP contribution in [0.25, 0.3) is 0 Å². The molecule has 0 radical (unpaired) electrons. The quantitative estimate of drug-likeness (QED) is 0.847. The van der Waals surface area contributed by atoms with Crippen molar-refractivity contribution in [1.82, 2.24) is 15.0 Å². The molecule has 2 aromatic rings. The summed E-state index contributed by atoms with van der Waals surface area (Å²) in [6.07, 6.45) is 0. The average Bonchev–Trinajstić information content (AvgIpc) is 2.90. The van der Waals surface area contributed by atoms with Crippen molar-refractivity contribution in [2.75, 3.05) is 7.05 Å². The van der Waals surface area contributed by atoms with E-state index in [9.17, 15) is 12.8 Å². The van der Waals surface area contributed by atoms with Crippen molar-refractivity contribution in [2.45, 2.75) is 18.0 Å². The van der Waals surface area contributed by atoms with Gasteiger partial charge in [0, 0.05) is 11.9 Å². The summed E-state index contributed by atoms with van der Waals surface area (Å²) in [4.78, 5) is 3.61. The monoisotopic (exact) mass is 315 g/mol. The highest BCUT2D eigenvalue weighted by atomic mass is 32.2. The number of thiazole rings is 1. The molecule has 0 amide bonds. The van der Waals surface area contributed by atoms with Gasteiger partial charge in [-0.3, -0.25) is 0 Å². The number of hydrogen-bond acceptors (Lipinski definition) is 5. The summed E-state index contributed by atoms with van der Waals surface area (Å²) in [6, 6.07) is 4.07.